The number of hydrogen-bond acceptors (Lipinski definition) is 4. The minimum atomic E-state index is -3.48. The van der Waals surface area contributed by atoms with Gasteiger partial charge in [-0.3, -0.25) is 9.52 Å². The highest BCUT2D eigenvalue weighted by Gasteiger charge is 2.12. The van der Waals surface area contributed by atoms with Gasteiger partial charge in [-0.05, 0) is 42.5 Å². The van der Waals surface area contributed by atoms with E-state index in [1.165, 1.54) is 42.5 Å². The molecule has 0 spiro atoms. The Bertz CT molecular complexity index is 895. The fourth-order valence-electron chi connectivity index (χ4n) is 1.84. The Morgan fingerprint density at radius 2 is 1.62 bits per heavy atom. The molecule has 0 fully saturated rings. The number of anilines is 2. The number of carbonyl (C=O) groups excluding carboxylic acids is 1. The molecule has 0 heterocycles. The average molecular weight is 369 g/mol. The zero-order valence-corrected chi connectivity index (χ0v) is 14.0. The number of nitrogens with one attached hydrogen (secondary N) is 2. The topological polar surface area (TPSA) is 113 Å². The van der Waals surface area contributed by atoms with Crippen molar-refractivity contribution in [1.82, 2.24) is 0 Å². The number of carboxylic acids is 1. The van der Waals surface area contributed by atoms with Crippen molar-refractivity contribution in [3.63, 3.8) is 0 Å². The highest BCUT2D eigenvalue weighted by molar-refractivity contribution is 7.92. The van der Waals surface area contributed by atoms with Crippen LogP contribution in [-0.2, 0) is 10.0 Å². The molecule has 0 saturated heterocycles. The molecule has 126 valence electrons. The number of amides is 1. The summed E-state index contributed by atoms with van der Waals surface area (Å²) in [6.45, 7) is 0. The molecule has 0 aromatic heterocycles. The maximum atomic E-state index is 12.2. The van der Waals surface area contributed by atoms with E-state index in [2.05, 4.69) is 10.0 Å². The third kappa shape index (κ3) is 4.71. The highest BCUT2D eigenvalue weighted by atomic mass is 35.5. The zero-order valence-electron chi connectivity index (χ0n) is 12.4. The second-order valence-corrected chi connectivity index (χ2v) is 7.06. The summed E-state index contributed by atoms with van der Waals surface area (Å²) >= 11 is 5.97. The van der Waals surface area contributed by atoms with Crippen molar-refractivity contribution in [2.24, 2.45) is 0 Å². The van der Waals surface area contributed by atoms with Crippen LogP contribution in [0.5, 0.6) is 0 Å². The van der Waals surface area contributed by atoms with Gasteiger partial charge < -0.3 is 10.4 Å². The molecular weight excluding hydrogens is 356 g/mol. The van der Waals surface area contributed by atoms with Crippen molar-refractivity contribution in [3.05, 3.63) is 58.6 Å². The molecule has 0 atom stereocenters. The first kappa shape index (κ1) is 17.8. The summed E-state index contributed by atoms with van der Waals surface area (Å²) < 4.78 is 24.6. The molecule has 3 N–H and O–H groups in total. The van der Waals surface area contributed by atoms with Crippen LogP contribution >= 0.6 is 11.6 Å². The molecule has 2 rings (SSSR count). The van der Waals surface area contributed by atoms with Gasteiger partial charge in [-0.1, -0.05) is 11.6 Å². The van der Waals surface area contributed by atoms with Crippen LogP contribution in [0, 0.1) is 0 Å². The van der Waals surface area contributed by atoms with Gasteiger partial charge in [-0.15, -0.1) is 0 Å². The number of aromatic carboxylic acids is 1. The Labute approximate surface area is 143 Å². The van der Waals surface area contributed by atoms with Crippen LogP contribution in [0.1, 0.15) is 20.7 Å². The summed E-state index contributed by atoms with van der Waals surface area (Å²) in [5.74, 6) is -1.53. The van der Waals surface area contributed by atoms with Crippen molar-refractivity contribution >= 4 is 44.9 Å². The Hall–Kier alpha value is -2.58. The van der Waals surface area contributed by atoms with E-state index in [-0.39, 0.29) is 21.8 Å². The Morgan fingerprint density at radius 1 is 1.04 bits per heavy atom. The minimum absolute atomic E-state index is 0.0781. The van der Waals surface area contributed by atoms with Crippen LogP contribution in [-0.4, -0.2) is 31.7 Å². The lowest BCUT2D eigenvalue weighted by Gasteiger charge is -2.09. The predicted octanol–water partition coefficient (Wildman–Crippen LogP) is 2.66. The summed E-state index contributed by atoms with van der Waals surface area (Å²) in [5, 5.41) is 11.5. The van der Waals surface area contributed by atoms with Gasteiger partial charge >= 0.3 is 5.97 Å². The Morgan fingerprint density at radius 3 is 2.12 bits per heavy atom. The number of carbonyl (C=O) groups is 2. The number of rotatable bonds is 5. The molecule has 0 aliphatic heterocycles. The molecule has 0 unspecified atom stereocenters. The monoisotopic (exact) mass is 368 g/mol. The molecule has 7 nitrogen and oxygen atoms in total. The molecule has 24 heavy (non-hydrogen) atoms. The highest BCUT2D eigenvalue weighted by Crippen LogP contribution is 2.24. The third-order valence-corrected chi connectivity index (χ3v) is 3.82. The summed E-state index contributed by atoms with van der Waals surface area (Å²) in [4.78, 5) is 22.9. The molecule has 1 amide bonds. The van der Waals surface area contributed by atoms with E-state index in [1.807, 2.05) is 0 Å². The van der Waals surface area contributed by atoms with E-state index in [0.29, 0.717) is 5.69 Å². The van der Waals surface area contributed by atoms with Crippen LogP contribution in [0.2, 0.25) is 5.02 Å². The van der Waals surface area contributed by atoms with E-state index in [0.717, 1.165) is 6.26 Å². The lowest BCUT2D eigenvalue weighted by molar-refractivity contribution is 0.0696. The number of sulfonamides is 1. The van der Waals surface area contributed by atoms with E-state index in [1.54, 1.807) is 0 Å². The Balaban J connectivity index is 2.15. The van der Waals surface area contributed by atoms with Gasteiger partial charge in [0.2, 0.25) is 10.0 Å². The SMILES string of the molecule is CS(=O)(=O)Nc1ccc(C(=O)Nc2ccc(C(=O)O)cc2)cc1Cl. The van der Waals surface area contributed by atoms with E-state index >= 15 is 0 Å². The van der Waals surface area contributed by atoms with Gasteiger partial charge in [-0.25, -0.2) is 13.2 Å². The maximum absolute atomic E-state index is 12.2. The maximum Gasteiger partial charge on any atom is 0.335 e. The molecule has 0 radical (unpaired) electrons. The van der Waals surface area contributed by atoms with E-state index in [9.17, 15) is 18.0 Å². The summed E-state index contributed by atoms with van der Waals surface area (Å²) in [6, 6.07) is 9.78. The molecule has 0 aliphatic carbocycles. The van der Waals surface area contributed by atoms with E-state index < -0.39 is 21.9 Å². The molecule has 0 aliphatic rings. The normalized spacial score (nSPS) is 10.9. The smallest absolute Gasteiger partial charge is 0.335 e. The van der Waals surface area contributed by atoms with Crippen molar-refractivity contribution in [2.45, 2.75) is 0 Å². The van der Waals surface area contributed by atoms with Crippen molar-refractivity contribution in [1.29, 1.82) is 0 Å². The number of hydrogen-bond donors (Lipinski definition) is 3. The first-order valence-corrected chi connectivity index (χ1v) is 8.85. The van der Waals surface area contributed by atoms with Crippen LogP contribution in [0.15, 0.2) is 42.5 Å². The third-order valence-electron chi connectivity index (χ3n) is 2.92. The fraction of sp³-hybridized carbons (Fsp3) is 0.0667. The Kier molecular flexibility index (Phi) is 5.10. The molecule has 9 heteroatoms. The fourth-order valence-corrected chi connectivity index (χ4v) is 2.70. The molecule has 2 aromatic rings. The first-order valence-electron chi connectivity index (χ1n) is 6.58. The van der Waals surface area contributed by atoms with Gasteiger partial charge in [0.15, 0.2) is 0 Å². The average Bonchev–Trinajstić information content (AvgIpc) is 2.48. The van der Waals surface area contributed by atoms with Crippen LogP contribution in [0.25, 0.3) is 0 Å². The van der Waals surface area contributed by atoms with E-state index in [4.69, 9.17) is 16.7 Å². The van der Waals surface area contributed by atoms with Crippen molar-refractivity contribution in [3.8, 4) is 0 Å². The molecule has 0 saturated carbocycles. The molecule has 0 bridgehead atoms. The van der Waals surface area contributed by atoms with Crippen molar-refractivity contribution in [2.75, 3.05) is 16.3 Å². The second kappa shape index (κ2) is 6.90. The lowest BCUT2D eigenvalue weighted by atomic mass is 10.1. The zero-order chi connectivity index (χ0) is 17.9. The minimum Gasteiger partial charge on any atom is -0.478 e. The van der Waals surface area contributed by atoms with Crippen molar-refractivity contribution < 1.29 is 23.1 Å². The quantitative estimate of drug-likeness (QED) is 0.751. The van der Waals surface area contributed by atoms with Crippen LogP contribution < -0.4 is 10.0 Å². The number of halogens is 1. The molecular formula is C15H13ClN2O5S. The molecule has 2 aromatic carbocycles. The summed E-state index contributed by atoms with van der Waals surface area (Å²) in [6.07, 6.45) is 0.991. The second-order valence-electron chi connectivity index (χ2n) is 4.91. The van der Waals surface area contributed by atoms with Crippen LogP contribution in [0.3, 0.4) is 0 Å². The summed E-state index contributed by atoms with van der Waals surface area (Å²) in [7, 11) is -3.48. The number of carboxylic acid groups (broad SMARTS) is 1. The predicted molar refractivity (Wildman–Crippen MR) is 91.3 cm³/mol. The summed E-state index contributed by atoms with van der Waals surface area (Å²) in [5.41, 5.74) is 0.912. The van der Waals surface area contributed by atoms with Crippen LogP contribution in [0.4, 0.5) is 11.4 Å². The van der Waals surface area contributed by atoms with Gasteiger partial charge in [-0.2, -0.15) is 0 Å². The first-order chi connectivity index (χ1) is 11.2. The standard InChI is InChI=1S/C15H13ClN2O5S/c1-24(22,23)18-13-7-4-10(8-12(13)16)14(19)17-11-5-2-9(3-6-11)15(20)21/h2-8,18H,1H3,(H,17,19)(H,20,21). The van der Waals surface area contributed by atoms with Gasteiger partial charge in [0.25, 0.3) is 5.91 Å². The van der Waals surface area contributed by atoms with Gasteiger partial charge in [0.05, 0.1) is 22.5 Å². The lowest BCUT2D eigenvalue weighted by Crippen LogP contribution is -2.13. The largest absolute Gasteiger partial charge is 0.478 e. The number of benzene rings is 2. The van der Waals surface area contributed by atoms with Gasteiger partial charge in [0, 0.05) is 11.3 Å². The van der Waals surface area contributed by atoms with Gasteiger partial charge in [0.1, 0.15) is 0 Å².